The number of pyridine rings is 1. The van der Waals surface area contributed by atoms with E-state index >= 15 is 0 Å². The lowest BCUT2D eigenvalue weighted by Crippen LogP contribution is -2.41. The number of benzene rings is 4. The van der Waals surface area contributed by atoms with Gasteiger partial charge in [0, 0.05) is 35.0 Å². The third-order valence-electron chi connectivity index (χ3n) is 11.1. The van der Waals surface area contributed by atoms with E-state index in [0.29, 0.717) is 79.4 Å². The maximum atomic E-state index is 14.9. The van der Waals surface area contributed by atoms with Crippen LogP contribution in [0.4, 0.5) is 14.5 Å². The number of ether oxygens (including phenoxy) is 1. The summed E-state index contributed by atoms with van der Waals surface area (Å²) in [4.78, 5) is 18.7. The Labute approximate surface area is 327 Å². The lowest BCUT2D eigenvalue weighted by molar-refractivity contribution is 0.00578. The number of hydrogen-bond donors (Lipinski definition) is 2. The number of nitrogens with zero attached hydrogens (tertiary/aromatic N) is 3. The molecule has 0 radical (unpaired) electrons. The van der Waals surface area contributed by atoms with E-state index in [-0.39, 0.29) is 18.5 Å². The molecule has 1 saturated heterocycles. The zero-order valence-electron chi connectivity index (χ0n) is 31.3. The third kappa shape index (κ3) is 5.92. The molecule has 282 valence electrons. The summed E-state index contributed by atoms with van der Waals surface area (Å²) in [6.45, 7) is 8.69. The molecule has 9 nitrogen and oxygen atoms in total. The van der Waals surface area contributed by atoms with E-state index in [2.05, 4.69) is 5.32 Å². The summed E-state index contributed by atoms with van der Waals surface area (Å²) in [6.07, 6.45) is 0. The van der Waals surface area contributed by atoms with Crippen LogP contribution in [0.25, 0.3) is 55.8 Å². The summed E-state index contributed by atoms with van der Waals surface area (Å²) >= 11 is 5.02. The third-order valence-corrected chi connectivity index (χ3v) is 11.5. The number of aromatic nitrogens is 2. The number of carbonyl (C=O) groups excluding carboxylic acids is 1. The van der Waals surface area contributed by atoms with Gasteiger partial charge < -0.3 is 32.7 Å². The summed E-state index contributed by atoms with van der Waals surface area (Å²) in [5.41, 5.74) is 6.03. The van der Waals surface area contributed by atoms with Gasteiger partial charge in [0.05, 0.1) is 45.9 Å². The van der Waals surface area contributed by atoms with Crippen LogP contribution < -0.4 is 19.8 Å². The second kappa shape index (κ2) is 13.3. The molecule has 5 heterocycles. The summed E-state index contributed by atoms with van der Waals surface area (Å²) in [6, 6.07) is 28.0. The molecule has 3 aromatic heterocycles. The Kier molecular flexibility index (Phi) is 8.53. The summed E-state index contributed by atoms with van der Waals surface area (Å²) in [7, 11) is 1.05. The van der Waals surface area contributed by atoms with E-state index in [0.717, 1.165) is 11.0 Å². The van der Waals surface area contributed by atoms with Gasteiger partial charge in [0.15, 0.2) is 6.73 Å². The Morgan fingerprint density at radius 1 is 0.929 bits per heavy atom. The maximum Gasteiger partial charge on any atom is 0.494 e. The molecular weight excluding hydrogens is 733 g/mol. The first-order valence-corrected chi connectivity index (χ1v) is 18.6. The van der Waals surface area contributed by atoms with E-state index in [4.69, 9.17) is 36.3 Å². The van der Waals surface area contributed by atoms with E-state index < -0.39 is 24.1 Å². The molecule has 0 aliphatic carbocycles. The number of rotatable bonds is 7. The summed E-state index contributed by atoms with van der Waals surface area (Å²) < 4.78 is 57.7. The van der Waals surface area contributed by atoms with Crippen molar-refractivity contribution in [1.82, 2.24) is 14.9 Å². The zero-order valence-corrected chi connectivity index (χ0v) is 32.2. The van der Waals surface area contributed by atoms with Crippen LogP contribution in [0.5, 0.6) is 5.75 Å². The molecule has 0 bridgehead atoms. The molecule has 0 saturated carbocycles. The van der Waals surface area contributed by atoms with Crippen molar-refractivity contribution < 1.29 is 32.0 Å². The Bertz CT molecular complexity index is 2680. The molecule has 1 fully saturated rings. The SMILES string of the molecule is CNC(=O)c1c(-c2ccc(F)cc2)oc2cc(N(S)Cc3ccc(B4OC(C)(C)C(C)(C)O4)cc3)c(-c3ccc4c(n3)-c3cc5c(F)cccc5n3CO4)cc12. The van der Waals surface area contributed by atoms with Crippen molar-refractivity contribution in [2.75, 3.05) is 11.4 Å². The van der Waals surface area contributed by atoms with Crippen molar-refractivity contribution in [3.63, 3.8) is 0 Å². The van der Waals surface area contributed by atoms with Gasteiger partial charge in [-0.1, -0.05) is 43.1 Å². The Balaban J connectivity index is 1.16. The number of carbonyl (C=O) groups is 1. The molecule has 1 N–H and O–H groups in total. The normalized spacial score (nSPS) is 15.5. The minimum Gasteiger partial charge on any atom is -0.470 e. The average Bonchev–Trinajstić information content (AvgIpc) is 3.83. The molecular formula is C43H37BF2N4O5S. The summed E-state index contributed by atoms with van der Waals surface area (Å²) in [5.74, 6) is -0.252. The first-order valence-electron chi connectivity index (χ1n) is 18.2. The van der Waals surface area contributed by atoms with Crippen molar-refractivity contribution in [2.24, 2.45) is 0 Å². The van der Waals surface area contributed by atoms with Gasteiger partial charge in [-0.3, -0.25) is 4.79 Å². The zero-order chi connectivity index (χ0) is 39.1. The Hall–Kier alpha value is -5.63. The van der Waals surface area contributed by atoms with E-state index in [1.807, 2.05) is 86.9 Å². The van der Waals surface area contributed by atoms with Gasteiger partial charge in [-0.05, 0) is 99.4 Å². The highest BCUT2D eigenvalue weighted by Crippen LogP contribution is 2.44. The van der Waals surface area contributed by atoms with Crippen molar-refractivity contribution in [3.8, 4) is 39.7 Å². The van der Waals surface area contributed by atoms with E-state index in [1.54, 1.807) is 35.6 Å². The topological polar surface area (TPSA) is 91.0 Å². The second-order valence-corrected chi connectivity index (χ2v) is 15.6. The number of thiol groups is 1. The smallest absolute Gasteiger partial charge is 0.470 e. The van der Waals surface area contributed by atoms with Crippen LogP contribution in [0.3, 0.4) is 0 Å². The molecule has 2 aliphatic heterocycles. The molecule has 1 amide bonds. The number of anilines is 1. The van der Waals surface area contributed by atoms with Gasteiger partial charge in [-0.2, -0.15) is 0 Å². The van der Waals surface area contributed by atoms with Crippen molar-refractivity contribution in [1.29, 1.82) is 0 Å². The molecule has 9 rings (SSSR count). The number of amides is 1. The van der Waals surface area contributed by atoms with Gasteiger partial charge in [-0.15, -0.1) is 0 Å². The number of hydrogen-bond acceptors (Lipinski definition) is 8. The van der Waals surface area contributed by atoms with Crippen LogP contribution in [-0.4, -0.2) is 40.8 Å². The lowest BCUT2D eigenvalue weighted by Gasteiger charge is -2.32. The van der Waals surface area contributed by atoms with Crippen LogP contribution in [0, 0.1) is 11.6 Å². The van der Waals surface area contributed by atoms with Crippen molar-refractivity contribution >= 4 is 58.9 Å². The largest absolute Gasteiger partial charge is 0.494 e. The number of furan rings is 1. The average molecular weight is 771 g/mol. The van der Waals surface area contributed by atoms with E-state index in [9.17, 15) is 13.6 Å². The molecule has 13 heteroatoms. The summed E-state index contributed by atoms with van der Waals surface area (Å²) in [5, 5.41) is 3.73. The first-order chi connectivity index (χ1) is 26.8. The first kappa shape index (κ1) is 36.0. The molecule has 0 spiro atoms. The maximum absolute atomic E-state index is 14.9. The molecule has 56 heavy (non-hydrogen) atoms. The number of halogens is 2. The highest BCUT2D eigenvalue weighted by molar-refractivity contribution is 7.81. The van der Waals surface area contributed by atoms with Gasteiger partial charge in [-0.25, -0.2) is 13.8 Å². The second-order valence-electron chi connectivity index (χ2n) is 15.1. The van der Waals surface area contributed by atoms with Gasteiger partial charge in [0.1, 0.15) is 34.4 Å². The number of nitrogens with one attached hydrogen (secondary N) is 1. The Morgan fingerprint density at radius 2 is 1.66 bits per heavy atom. The van der Waals surface area contributed by atoms with Crippen LogP contribution in [-0.2, 0) is 22.6 Å². The quantitative estimate of drug-likeness (QED) is 0.124. The fourth-order valence-corrected chi connectivity index (χ4v) is 7.67. The molecule has 4 aromatic carbocycles. The fourth-order valence-electron chi connectivity index (χ4n) is 7.34. The van der Waals surface area contributed by atoms with Crippen LogP contribution in [0.2, 0.25) is 0 Å². The predicted molar refractivity (Wildman–Crippen MR) is 217 cm³/mol. The van der Waals surface area contributed by atoms with Crippen molar-refractivity contribution in [3.05, 3.63) is 120 Å². The van der Waals surface area contributed by atoms with Gasteiger partial charge >= 0.3 is 7.12 Å². The van der Waals surface area contributed by atoms with Crippen LogP contribution in [0.15, 0.2) is 101 Å². The monoisotopic (exact) mass is 770 g/mol. The molecule has 0 atom stereocenters. The Morgan fingerprint density at radius 3 is 2.38 bits per heavy atom. The van der Waals surface area contributed by atoms with Gasteiger partial charge in [0.2, 0.25) is 0 Å². The minimum atomic E-state index is -0.492. The highest BCUT2D eigenvalue weighted by Gasteiger charge is 2.51. The number of fused-ring (bicyclic) bond motifs is 6. The van der Waals surface area contributed by atoms with Crippen molar-refractivity contribution in [2.45, 2.75) is 52.2 Å². The molecule has 2 aliphatic rings. The lowest BCUT2D eigenvalue weighted by atomic mass is 9.79. The standard InChI is InChI=1S/C43H37BF2N4O5S/c1-42(2)43(3,4)55-44(54-42)26-13-9-24(10-14-26)22-50(56)34-21-37-30(38(41(51)47-5)40(53-37)25-11-15-27(45)16-12-25)19-29(34)32-17-18-36-39(48-32)35-20-28-31(46)7-6-8-33(28)49(35)23-52-36/h6-21,56H,22-23H2,1-5H3,(H,47,51). The van der Waals surface area contributed by atoms with Crippen LogP contribution in [0.1, 0.15) is 43.6 Å². The molecule has 7 aromatic rings. The predicted octanol–water partition coefficient (Wildman–Crippen LogP) is 8.92. The highest BCUT2D eigenvalue weighted by atomic mass is 32.1. The minimum absolute atomic E-state index is 0.210. The van der Waals surface area contributed by atoms with Gasteiger partial charge in [0.25, 0.3) is 5.91 Å². The fraction of sp³-hybridized carbons (Fsp3) is 0.209. The van der Waals surface area contributed by atoms with Crippen LogP contribution >= 0.6 is 12.8 Å². The van der Waals surface area contributed by atoms with E-state index in [1.165, 1.54) is 18.2 Å². The molecule has 0 unspecified atom stereocenters.